The van der Waals surface area contributed by atoms with Gasteiger partial charge in [0.25, 0.3) is 0 Å². The van der Waals surface area contributed by atoms with Crippen LogP contribution in [0.5, 0.6) is 0 Å². The summed E-state index contributed by atoms with van der Waals surface area (Å²) in [6.45, 7) is 5.09. The van der Waals surface area contributed by atoms with Crippen molar-refractivity contribution in [2.24, 2.45) is 0 Å². The maximum Gasteiger partial charge on any atom is 0.229 e. The lowest BCUT2D eigenvalue weighted by molar-refractivity contribution is -0.131. The Morgan fingerprint density at radius 1 is 1.13 bits per heavy atom. The third-order valence-corrected chi connectivity index (χ3v) is 5.73. The number of nitrogens with zero attached hydrogens (tertiary/aromatic N) is 5. The van der Waals surface area contributed by atoms with E-state index >= 15 is 0 Å². The van der Waals surface area contributed by atoms with Crippen LogP contribution in [0.25, 0.3) is 11.0 Å². The molecule has 0 saturated carbocycles. The highest BCUT2D eigenvalue weighted by Gasteiger charge is 2.22. The number of hydrogen-bond acceptors (Lipinski definition) is 6. The number of aromatic nitrogens is 3. The third kappa shape index (κ3) is 4.42. The van der Waals surface area contributed by atoms with Crippen LogP contribution in [0.15, 0.2) is 36.5 Å². The molecule has 0 atom stereocenters. The Labute approximate surface area is 185 Å². The van der Waals surface area contributed by atoms with Crippen molar-refractivity contribution in [3.05, 3.63) is 52.1 Å². The number of rotatable bonds is 5. The monoisotopic (exact) mass is 444 g/mol. The first-order valence-electron chi connectivity index (χ1n) is 9.88. The number of anilines is 2. The molecule has 0 bridgehead atoms. The summed E-state index contributed by atoms with van der Waals surface area (Å²) < 4.78 is 0. The summed E-state index contributed by atoms with van der Waals surface area (Å²) in [5, 5.41) is 5.41. The van der Waals surface area contributed by atoms with E-state index in [4.69, 9.17) is 28.2 Å². The van der Waals surface area contributed by atoms with Gasteiger partial charge in [0.2, 0.25) is 11.9 Å². The standard InChI is InChI=1S/C21H22Cl2N6O/c1-2-18(30)28-8-10-29(11-9-28)21-26-19-16(4-3-7-24-19)20(27-21)25-13-14-5-6-15(22)12-17(14)23/h3-7,12H,2,8-11,13H2,1H3,(H,24,25,26,27). The van der Waals surface area contributed by atoms with Gasteiger partial charge in [-0.2, -0.15) is 9.97 Å². The summed E-state index contributed by atoms with van der Waals surface area (Å²) in [5.74, 6) is 1.48. The molecule has 1 N–H and O–H groups in total. The molecule has 156 valence electrons. The van der Waals surface area contributed by atoms with Gasteiger partial charge in [-0.15, -0.1) is 0 Å². The van der Waals surface area contributed by atoms with Crippen molar-refractivity contribution in [3.63, 3.8) is 0 Å². The van der Waals surface area contributed by atoms with Crippen LogP contribution in [0.4, 0.5) is 11.8 Å². The van der Waals surface area contributed by atoms with E-state index in [1.54, 1.807) is 12.3 Å². The Hall–Kier alpha value is -2.64. The van der Waals surface area contributed by atoms with Crippen molar-refractivity contribution < 1.29 is 4.79 Å². The smallest absolute Gasteiger partial charge is 0.229 e. The van der Waals surface area contributed by atoms with Gasteiger partial charge in [0.15, 0.2) is 5.65 Å². The molecular formula is C21H22Cl2N6O. The average Bonchev–Trinajstić information content (AvgIpc) is 2.77. The second-order valence-corrected chi connectivity index (χ2v) is 7.90. The van der Waals surface area contributed by atoms with Crippen LogP contribution in [0, 0.1) is 0 Å². The molecule has 9 heteroatoms. The first kappa shape index (κ1) is 20.6. The fourth-order valence-corrected chi connectivity index (χ4v) is 3.93. The lowest BCUT2D eigenvalue weighted by Crippen LogP contribution is -2.49. The normalized spacial score (nSPS) is 14.2. The van der Waals surface area contributed by atoms with Gasteiger partial charge >= 0.3 is 0 Å². The molecule has 0 radical (unpaired) electrons. The molecule has 2 aromatic heterocycles. The molecule has 7 nitrogen and oxygen atoms in total. The fourth-order valence-electron chi connectivity index (χ4n) is 3.45. The van der Waals surface area contributed by atoms with Gasteiger partial charge in [-0.1, -0.05) is 36.2 Å². The Morgan fingerprint density at radius 2 is 1.93 bits per heavy atom. The quantitative estimate of drug-likeness (QED) is 0.640. The summed E-state index contributed by atoms with van der Waals surface area (Å²) in [7, 11) is 0. The Balaban J connectivity index is 1.58. The van der Waals surface area contributed by atoms with E-state index < -0.39 is 0 Å². The minimum atomic E-state index is 0.179. The number of halogens is 2. The van der Waals surface area contributed by atoms with E-state index in [9.17, 15) is 4.79 Å². The maximum absolute atomic E-state index is 11.9. The highest BCUT2D eigenvalue weighted by molar-refractivity contribution is 6.35. The Morgan fingerprint density at radius 3 is 2.67 bits per heavy atom. The van der Waals surface area contributed by atoms with Crippen LogP contribution in [-0.4, -0.2) is 51.9 Å². The number of piperazine rings is 1. The van der Waals surface area contributed by atoms with Crippen molar-refractivity contribution in [1.29, 1.82) is 0 Å². The second kappa shape index (κ2) is 9.02. The van der Waals surface area contributed by atoms with Crippen molar-refractivity contribution in [2.45, 2.75) is 19.9 Å². The number of benzene rings is 1. The zero-order valence-electron chi connectivity index (χ0n) is 16.6. The van der Waals surface area contributed by atoms with Gasteiger partial charge in [-0.3, -0.25) is 4.79 Å². The lowest BCUT2D eigenvalue weighted by atomic mass is 10.2. The highest BCUT2D eigenvalue weighted by Crippen LogP contribution is 2.26. The summed E-state index contributed by atoms with van der Waals surface area (Å²) in [6.07, 6.45) is 2.24. The van der Waals surface area contributed by atoms with Crippen LogP contribution in [0.3, 0.4) is 0 Å². The van der Waals surface area contributed by atoms with Crippen LogP contribution in [-0.2, 0) is 11.3 Å². The number of hydrogen-bond donors (Lipinski definition) is 1. The Kier molecular flexibility index (Phi) is 6.20. The number of nitrogens with one attached hydrogen (secondary N) is 1. The van der Waals surface area contributed by atoms with Crippen LogP contribution < -0.4 is 10.2 Å². The number of amides is 1. The largest absolute Gasteiger partial charge is 0.365 e. The number of fused-ring (bicyclic) bond motifs is 1. The third-order valence-electron chi connectivity index (χ3n) is 5.14. The number of carbonyl (C=O) groups excluding carboxylic acids is 1. The van der Waals surface area contributed by atoms with E-state index in [2.05, 4.69) is 20.2 Å². The van der Waals surface area contributed by atoms with Gasteiger partial charge in [0.05, 0.1) is 5.39 Å². The lowest BCUT2D eigenvalue weighted by Gasteiger charge is -2.34. The predicted molar refractivity (Wildman–Crippen MR) is 120 cm³/mol. The fraction of sp³-hybridized carbons (Fsp3) is 0.333. The molecular weight excluding hydrogens is 423 g/mol. The topological polar surface area (TPSA) is 74.2 Å². The van der Waals surface area contributed by atoms with E-state index in [0.717, 1.165) is 10.9 Å². The van der Waals surface area contributed by atoms with Crippen LogP contribution in [0.2, 0.25) is 10.0 Å². The highest BCUT2D eigenvalue weighted by atomic mass is 35.5. The zero-order valence-corrected chi connectivity index (χ0v) is 18.1. The molecule has 1 aromatic carbocycles. The van der Waals surface area contributed by atoms with Crippen molar-refractivity contribution in [1.82, 2.24) is 19.9 Å². The zero-order chi connectivity index (χ0) is 21.1. The van der Waals surface area contributed by atoms with E-state index in [1.807, 2.05) is 36.1 Å². The minimum Gasteiger partial charge on any atom is -0.365 e. The molecule has 4 rings (SSSR count). The molecule has 1 aliphatic heterocycles. The van der Waals surface area contributed by atoms with Gasteiger partial charge < -0.3 is 15.1 Å². The first-order valence-corrected chi connectivity index (χ1v) is 10.6. The molecule has 1 fully saturated rings. The van der Waals surface area contributed by atoms with Gasteiger partial charge in [0.1, 0.15) is 5.82 Å². The SMILES string of the molecule is CCC(=O)N1CCN(c2nc(NCc3ccc(Cl)cc3Cl)c3cccnc3n2)CC1. The van der Waals surface area contributed by atoms with E-state index in [1.165, 1.54) is 0 Å². The average molecular weight is 445 g/mol. The molecule has 0 spiro atoms. The maximum atomic E-state index is 11.9. The summed E-state index contributed by atoms with van der Waals surface area (Å²) in [4.78, 5) is 29.8. The second-order valence-electron chi connectivity index (χ2n) is 7.06. The van der Waals surface area contributed by atoms with Crippen molar-refractivity contribution in [2.75, 3.05) is 36.4 Å². The van der Waals surface area contributed by atoms with E-state index in [-0.39, 0.29) is 5.91 Å². The number of pyridine rings is 1. The van der Waals surface area contributed by atoms with Gasteiger partial charge in [-0.25, -0.2) is 4.98 Å². The molecule has 1 amide bonds. The first-order chi connectivity index (χ1) is 14.5. The Bertz CT molecular complexity index is 1070. The van der Waals surface area contributed by atoms with Crippen molar-refractivity contribution in [3.8, 4) is 0 Å². The van der Waals surface area contributed by atoms with Gasteiger partial charge in [-0.05, 0) is 29.8 Å². The summed E-state index contributed by atoms with van der Waals surface area (Å²) >= 11 is 12.3. The van der Waals surface area contributed by atoms with Crippen LogP contribution in [0.1, 0.15) is 18.9 Å². The van der Waals surface area contributed by atoms with Crippen LogP contribution >= 0.6 is 23.2 Å². The molecule has 1 aliphatic rings. The van der Waals surface area contributed by atoms with Gasteiger partial charge in [0, 0.05) is 55.4 Å². The predicted octanol–water partition coefficient (Wildman–Crippen LogP) is 4.00. The van der Waals surface area contributed by atoms with E-state index in [0.29, 0.717) is 66.6 Å². The minimum absolute atomic E-state index is 0.179. The summed E-state index contributed by atoms with van der Waals surface area (Å²) in [5.41, 5.74) is 1.55. The molecule has 0 aliphatic carbocycles. The molecule has 0 unspecified atom stereocenters. The molecule has 3 aromatic rings. The molecule has 3 heterocycles. The molecule has 1 saturated heterocycles. The van der Waals surface area contributed by atoms with Crippen molar-refractivity contribution >= 4 is 51.9 Å². The number of carbonyl (C=O) groups is 1. The summed E-state index contributed by atoms with van der Waals surface area (Å²) in [6, 6.07) is 9.23. The molecule has 30 heavy (non-hydrogen) atoms.